The average molecular weight is 433 g/mol. The van der Waals surface area contributed by atoms with Gasteiger partial charge in [0.05, 0.1) is 24.4 Å². The lowest BCUT2D eigenvalue weighted by Crippen LogP contribution is -2.36. The van der Waals surface area contributed by atoms with Crippen molar-refractivity contribution in [2.75, 3.05) is 6.61 Å². The van der Waals surface area contributed by atoms with Gasteiger partial charge in [0.1, 0.15) is 0 Å². The molecule has 0 bridgehead atoms. The monoisotopic (exact) mass is 432 g/mol. The van der Waals surface area contributed by atoms with E-state index in [-0.39, 0.29) is 6.61 Å². The van der Waals surface area contributed by atoms with Gasteiger partial charge in [-0.25, -0.2) is 0 Å². The second-order valence-electron chi connectivity index (χ2n) is 11.2. The normalized spacial score (nSPS) is 39.5. The molecule has 3 aliphatic rings. The summed E-state index contributed by atoms with van der Waals surface area (Å²) in [5.74, 6) is 1.92. The van der Waals surface area contributed by atoms with Crippen molar-refractivity contribution in [2.24, 2.45) is 23.2 Å². The van der Waals surface area contributed by atoms with Crippen molar-refractivity contribution in [2.45, 2.75) is 103 Å². The maximum Gasteiger partial charge on any atom is 0.0849 e. The zero-order chi connectivity index (χ0) is 22.8. The molecule has 0 aromatic carbocycles. The van der Waals surface area contributed by atoms with Crippen molar-refractivity contribution in [1.82, 2.24) is 0 Å². The molecule has 3 saturated carbocycles. The molecular formula is C27H44O4. The summed E-state index contributed by atoms with van der Waals surface area (Å²) in [4.78, 5) is 0. The highest BCUT2D eigenvalue weighted by Gasteiger charge is 2.50. The van der Waals surface area contributed by atoms with Crippen LogP contribution in [-0.2, 0) is 0 Å². The lowest BCUT2D eigenvalue weighted by atomic mass is 9.60. The molecule has 0 aromatic heterocycles. The third-order valence-electron chi connectivity index (χ3n) is 8.70. The summed E-state index contributed by atoms with van der Waals surface area (Å²) in [5.41, 5.74) is 2.65. The second-order valence-corrected chi connectivity index (χ2v) is 11.2. The van der Waals surface area contributed by atoms with Crippen LogP contribution in [0.1, 0.15) is 85.0 Å². The standard InChI is InChI=1S/C27H44O4/c1-18(7-5-13-26(3,31)17-28)23-11-12-24-20(8-6-14-27(23,24)4)9-10-21-15-22(29)16-25(30)19(21)2/h9-10,18,22-25,28-31H,2,5-8,11-17H2,1,3-4H3/b20-9+,21-10+/t18-,22-,23-,24+,25+,26-,27+/m1/s1. The van der Waals surface area contributed by atoms with E-state index in [4.69, 9.17) is 0 Å². The first-order valence-electron chi connectivity index (χ1n) is 12.4. The Hall–Kier alpha value is -0.940. The van der Waals surface area contributed by atoms with Gasteiger partial charge in [-0.3, -0.25) is 0 Å². The van der Waals surface area contributed by atoms with E-state index < -0.39 is 17.8 Å². The Balaban J connectivity index is 1.68. The molecule has 0 unspecified atom stereocenters. The van der Waals surface area contributed by atoms with E-state index in [0.717, 1.165) is 30.4 Å². The van der Waals surface area contributed by atoms with Gasteiger partial charge in [-0.2, -0.15) is 0 Å². The average Bonchev–Trinajstić information content (AvgIpc) is 3.07. The van der Waals surface area contributed by atoms with E-state index in [2.05, 4.69) is 32.6 Å². The van der Waals surface area contributed by atoms with E-state index in [1.807, 2.05) is 0 Å². The first-order chi connectivity index (χ1) is 14.6. The highest BCUT2D eigenvalue weighted by atomic mass is 16.3. The summed E-state index contributed by atoms with van der Waals surface area (Å²) in [7, 11) is 0. The van der Waals surface area contributed by atoms with Crippen LogP contribution in [0.5, 0.6) is 0 Å². The molecular weight excluding hydrogens is 388 g/mol. The minimum atomic E-state index is -0.958. The summed E-state index contributed by atoms with van der Waals surface area (Å²) in [5, 5.41) is 39.5. The SMILES string of the molecule is C=C1/C(=C/C=C2\CCC[C@@]3(C)[C@@H]([C@H](C)CCC[C@@](C)(O)CO)CC[C@@H]23)C[C@@H](O)C[C@@H]1O. The van der Waals surface area contributed by atoms with Crippen LogP contribution >= 0.6 is 0 Å². The molecule has 0 aliphatic heterocycles. The summed E-state index contributed by atoms with van der Waals surface area (Å²) in [6.07, 6.45) is 13.1. The molecule has 0 saturated heterocycles. The molecule has 31 heavy (non-hydrogen) atoms. The van der Waals surface area contributed by atoms with Gasteiger partial charge in [-0.15, -0.1) is 0 Å². The number of aliphatic hydroxyl groups excluding tert-OH is 3. The van der Waals surface area contributed by atoms with Gasteiger partial charge in [0.2, 0.25) is 0 Å². The van der Waals surface area contributed by atoms with E-state index in [0.29, 0.717) is 42.4 Å². The molecule has 7 atom stereocenters. The number of fused-ring (bicyclic) bond motifs is 1. The van der Waals surface area contributed by atoms with Crippen molar-refractivity contribution in [3.8, 4) is 0 Å². The van der Waals surface area contributed by atoms with Gasteiger partial charge >= 0.3 is 0 Å². The first kappa shape index (κ1) is 24.7. The van der Waals surface area contributed by atoms with E-state index >= 15 is 0 Å². The maximum absolute atomic E-state index is 10.1. The number of allylic oxidation sites excluding steroid dienone is 3. The number of hydrogen-bond donors (Lipinski definition) is 4. The molecule has 3 aliphatic carbocycles. The lowest BCUT2D eigenvalue weighted by Gasteiger charge is -2.44. The Morgan fingerprint density at radius 3 is 2.71 bits per heavy atom. The highest BCUT2D eigenvalue weighted by molar-refractivity contribution is 5.38. The van der Waals surface area contributed by atoms with Crippen molar-refractivity contribution in [3.63, 3.8) is 0 Å². The number of aliphatic hydroxyl groups is 4. The van der Waals surface area contributed by atoms with E-state index in [1.54, 1.807) is 6.92 Å². The molecule has 4 nitrogen and oxygen atoms in total. The maximum atomic E-state index is 10.1. The molecule has 0 aromatic rings. The zero-order valence-electron chi connectivity index (χ0n) is 19.8. The van der Waals surface area contributed by atoms with Crippen LogP contribution in [0.25, 0.3) is 0 Å². The number of hydrogen-bond acceptors (Lipinski definition) is 4. The van der Waals surface area contributed by atoms with Gasteiger partial charge in [-0.1, -0.05) is 51.0 Å². The predicted molar refractivity (Wildman–Crippen MR) is 125 cm³/mol. The summed E-state index contributed by atoms with van der Waals surface area (Å²) in [6.45, 7) is 10.5. The van der Waals surface area contributed by atoms with Crippen LogP contribution in [0.3, 0.4) is 0 Å². The minimum Gasteiger partial charge on any atom is -0.393 e. The van der Waals surface area contributed by atoms with Crippen LogP contribution in [0.4, 0.5) is 0 Å². The van der Waals surface area contributed by atoms with Gasteiger partial charge in [0.15, 0.2) is 0 Å². The fourth-order valence-corrected chi connectivity index (χ4v) is 6.76. The topological polar surface area (TPSA) is 80.9 Å². The van der Waals surface area contributed by atoms with Crippen LogP contribution in [-0.4, -0.2) is 44.8 Å². The Bertz CT molecular complexity index is 706. The van der Waals surface area contributed by atoms with Crippen molar-refractivity contribution in [3.05, 3.63) is 35.5 Å². The summed E-state index contributed by atoms with van der Waals surface area (Å²) >= 11 is 0. The van der Waals surface area contributed by atoms with Crippen LogP contribution in [0.2, 0.25) is 0 Å². The fourth-order valence-electron chi connectivity index (χ4n) is 6.76. The van der Waals surface area contributed by atoms with Crippen LogP contribution < -0.4 is 0 Å². The zero-order valence-corrected chi connectivity index (χ0v) is 19.8. The van der Waals surface area contributed by atoms with Crippen molar-refractivity contribution in [1.29, 1.82) is 0 Å². The van der Waals surface area contributed by atoms with Crippen molar-refractivity contribution >= 4 is 0 Å². The molecule has 0 amide bonds. The van der Waals surface area contributed by atoms with Crippen LogP contribution in [0.15, 0.2) is 35.5 Å². The Labute approximate surface area is 188 Å². The molecule has 3 rings (SSSR count). The number of rotatable bonds is 7. The summed E-state index contributed by atoms with van der Waals surface area (Å²) < 4.78 is 0. The Morgan fingerprint density at radius 2 is 2.00 bits per heavy atom. The molecule has 0 heterocycles. The molecule has 176 valence electrons. The minimum absolute atomic E-state index is 0.172. The highest BCUT2D eigenvalue weighted by Crippen LogP contribution is 2.60. The predicted octanol–water partition coefficient (Wildman–Crippen LogP) is 4.68. The van der Waals surface area contributed by atoms with E-state index in [9.17, 15) is 20.4 Å². The van der Waals surface area contributed by atoms with Gasteiger partial charge in [-0.05, 0) is 86.2 Å². The Morgan fingerprint density at radius 1 is 1.26 bits per heavy atom. The quantitative estimate of drug-likeness (QED) is 0.471. The second kappa shape index (κ2) is 9.91. The van der Waals surface area contributed by atoms with Gasteiger partial charge in [0, 0.05) is 6.42 Å². The van der Waals surface area contributed by atoms with E-state index in [1.165, 1.54) is 31.3 Å². The third kappa shape index (κ3) is 5.52. The molecule has 3 fully saturated rings. The fraction of sp³-hybridized carbons (Fsp3) is 0.778. The van der Waals surface area contributed by atoms with Crippen molar-refractivity contribution < 1.29 is 20.4 Å². The van der Waals surface area contributed by atoms with Gasteiger partial charge in [0.25, 0.3) is 0 Å². The molecule has 4 N–H and O–H groups in total. The lowest BCUT2D eigenvalue weighted by molar-refractivity contribution is -0.00891. The first-order valence-corrected chi connectivity index (χ1v) is 12.4. The largest absolute Gasteiger partial charge is 0.393 e. The van der Waals surface area contributed by atoms with Gasteiger partial charge < -0.3 is 20.4 Å². The third-order valence-corrected chi connectivity index (χ3v) is 8.70. The smallest absolute Gasteiger partial charge is 0.0849 e. The molecule has 4 heteroatoms. The Kier molecular flexibility index (Phi) is 7.89. The molecule has 0 radical (unpaired) electrons. The molecule has 0 spiro atoms. The summed E-state index contributed by atoms with van der Waals surface area (Å²) in [6, 6.07) is 0. The van der Waals surface area contributed by atoms with Crippen LogP contribution in [0, 0.1) is 23.2 Å².